The van der Waals surface area contributed by atoms with Crippen molar-refractivity contribution in [3.05, 3.63) is 6.07 Å². The average Bonchev–Trinajstić information content (AvgIpc) is 3.12. The molecular weight excluding hydrogens is 368 g/mol. The Kier molecular flexibility index (Phi) is 4.21. The third-order valence-corrected chi connectivity index (χ3v) is 6.95. The average molecular weight is 401 g/mol. The molecule has 29 heavy (non-hydrogen) atoms. The Morgan fingerprint density at radius 1 is 1.34 bits per heavy atom. The van der Waals surface area contributed by atoms with Crippen LogP contribution in [0.1, 0.15) is 46.5 Å². The fourth-order valence-corrected chi connectivity index (χ4v) is 5.24. The number of hydrogen-bond acceptors (Lipinski definition) is 7. The first-order chi connectivity index (χ1) is 13.7. The lowest BCUT2D eigenvalue weighted by atomic mass is 9.73. The van der Waals surface area contributed by atoms with Crippen molar-refractivity contribution in [1.82, 2.24) is 15.3 Å². The summed E-state index contributed by atoms with van der Waals surface area (Å²) >= 11 is 0. The van der Waals surface area contributed by atoms with Crippen molar-refractivity contribution in [2.24, 2.45) is 17.3 Å². The molecule has 0 radical (unpaired) electrons. The number of aromatic nitrogens is 2. The molecule has 5 rings (SSSR count). The van der Waals surface area contributed by atoms with Crippen LogP contribution >= 0.6 is 0 Å². The Hall–Kier alpha value is -2.09. The van der Waals surface area contributed by atoms with Crippen LogP contribution in [-0.2, 0) is 9.53 Å². The number of nitrogens with zero attached hydrogens (tertiary/aromatic N) is 3. The van der Waals surface area contributed by atoms with E-state index in [-0.39, 0.29) is 23.0 Å². The summed E-state index contributed by atoms with van der Waals surface area (Å²) < 4.78 is 6.52. The summed E-state index contributed by atoms with van der Waals surface area (Å²) in [5.41, 5.74) is 5.50. The fourth-order valence-electron chi connectivity index (χ4n) is 5.24. The van der Waals surface area contributed by atoms with Crippen molar-refractivity contribution in [1.29, 1.82) is 0 Å². The van der Waals surface area contributed by atoms with Gasteiger partial charge < -0.3 is 26.0 Å². The molecule has 4 fully saturated rings. The SMILES string of the molecule is CC(C)(C)C(=O)NC[C@H]1[C@H]2CN(c3cc(NC4CC4)nc(N)n3)C[C@]23CC[C@H]1O3. The summed E-state index contributed by atoms with van der Waals surface area (Å²) in [6.07, 6.45) is 4.78. The van der Waals surface area contributed by atoms with Gasteiger partial charge in [-0.2, -0.15) is 9.97 Å². The third kappa shape index (κ3) is 3.41. The van der Waals surface area contributed by atoms with Gasteiger partial charge in [-0.15, -0.1) is 0 Å². The first-order valence-electron chi connectivity index (χ1n) is 10.9. The molecule has 4 N–H and O–H groups in total. The monoisotopic (exact) mass is 400 g/mol. The minimum atomic E-state index is -0.374. The lowest BCUT2D eigenvalue weighted by molar-refractivity contribution is -0.128. The van der Waals surface area contributed by atoms with E-state index in [2.05, 4.69) is 25.5 Å². The van der Waals surface area contributed by atoms with Crippen LogP contribution in [0.3, 0.4) is 0 Å². The van der Waals surface area contributed by atoms with Crippen molar-refractivity contribution in [3.63, 3.8) is 0 Å². The highest BCUT2D eigenvalue weighted by molar-refractivity contribution is 5.81. The van der Waals surface area contributed by atoms with Crippen molar-refractivity contribution < 1.29 is 9.53 Å². The predicted octanol–water partition coefficient (Wildman–Crippen LogP) is 1.78. The summed E-state index contributed by atoms with van der Waals surface area (Å²) in [6.45, 7) is 8.24. The van der Waals surface area contributed by atoms with Crippen LogP contribution in [0.2, 0.25) is 0 Å². The standard InChI is InChI=1S/C21H32N6O2/c1-20(2,3)18(28)23-9-13-14-10-27(11-21(14)7-6-15(13)29-21)17-8-16(24-12-4-5-12)25-19(22)26-17/h8,12-15H,4-7,9-11H2,1-3H3,(H,23,28)(H3,22,24,25,26)/t13-,14+,15+,21+/m0/s1. The van der Waals surface area contributed by atoms with E-state index < -0.39 is 0 Å². The molecule has 8 nitrogen and oxygen atoms in total. The first-order valence-corrected chi connectivity index (χ1v) is 10.9. The number of anilines is 3. The molecule has 0 unspecified atom stereocenters. The fraction of sp³-hybridized carbons (Fsp3) is 0.762. The molecule has 1 spiro atoms. The molecule has 3 aliphatic heterocycles. The van der Waals surface area contributed by atoms with Gasteiger partial charge in [-0.1, -0.05) is 20.8 Å². The van der Waals surface area contributed by atoms with E-state index in [1.807, 2.05) is 26.8 Å². The van der Waals surface area contributed by atoms with Gasteiger partial charge in [0.25, 0.3) is 0 Å². The van der Waals surface area contributed by atoms with Crippen molar-refractivity contribution in [3.8, 4) is 0 Å². The largest absolute Gasteiger partial charge is 0.369 e. The zero-order valence-corrected chi connectivity index (χ0v) is 17.6. The maximum Gasteiger partial charge on any atom is 0.225 e. The van der Waals surface area contributed by atoms with E-state index in [1.165, 1.54) is 12.8 Å². The number of nitrogens with one attached hydrogen (secondary N) is 2. The van der Waals surface area contributed by atoms with E-state index in [0.717, 1.165) is 37.6 Å². The minimum absolute atomic E-state index is 0.101. The number of carbonyl (C=O) groups is 1. The van der Waals surface area contributed by atoms with Gasteiger partial charge in [0.15, 0.2) is 0 Å². The molecule has 8 heteroatoms. The van der Waals surface area contributed by atoms with Gasteiger partial charge in [0.05, 0.1) is 11.7 Å². The second-order valence-corrected chi connectivity index (χ2v) is 10.3. The number of rotatable bonds is 5. The quantitative estimate of drug-likeness (QED) is 0.692. The molecule has 4 heterocycles. The molecule has 1 saturated carbocycles. The van der Waals surface area contributed by atoms with Crippen LogP contribution in [0.15, 0.2) is 6.07 Å². The topological polar surface area (TPSA) is 105 Å². The molecule has 1 amide bonds. The van der Waals surface area contributed by atoms with E-state index >= 15 is 0 Å². The van der Waals surface area contributed by atoms with Gasteiger partial charge in [0.1, 0.15) is 11.6 Å². The second-order valence-electron chi connectivity index (χ2n) is 10.3. The Balaban J connectivity index is 1.32. The Morgan fingerprint density at radius 2 is 2.14 bits per heavy atom. The minimum Gasteiger partial charge on any atom is -0.369 e. The van der Waals surface area contributed by atoms with Gasteiger partial charge in [-0.25, -0.2) is 0 Å². The molecule has 2 bridgehead atoms. The van der Waals surface area contributed by atoms with Crippen molar-refractivity contribution >= 4 is 23.5 Å². The molecule has 4 atom stereocenters. The maximum absolute atomic E-state index is 12.4. The summed E-state index contributed by atoms with van der Waals surface area (Å²) in [6, 6.07) is 2.53. The maximum atomic E-state index is 12.4. The number of amides is 1. The number of nitrogens with two attached hydrogens (primary N) is 1. The molecule has 1 aromatic heterocycles. The summed E-state index contributed by atoms with van der Waals surface area (Å²) in [5.74, 6) is 2.83. The van der Waals surface area contributed by atoms with Crippen LogP contribution in [0.5, 0.6) is 0 Å². The summed E-state index contributed by atoms with van der Waals surface area (Å²) in [4.78, 5) is 23.5. The Morgan fingerprint density at radius 3 is 2.86 bits per heavy atom. The smallest absolute Gasteiger partial charge is 0.225 e. The molecular formula is C21H32N6O2. The Labute approximate surface area is 172 Å². The highest BCUT2D eigenvalue weighted by Crippen LogP contribution is 2.55. The highest BCUT2D eigenvalue weighted by Gasteiger charge is 2.63. The zero-order valence-electron chi connectivity index (χ0n) is 17.6. The van der Waals surface area contributed by atoms with Crippen LogP contribution < -0.4 is 21.3 Å². The lowest BCUT2D eigenvalue weighted by Crippen LogP contribution is -2.44. The van der Waals surface area contributed by atoms with Crippen molar-refractivity contribution in [2.45, 2.75) is 64.2 Å². The van der Waals surface area contributed by atoms with Gasteiger partial charge >= 0.3 is 0 Å². The molecule has 1 aromatic rings. The van der Waals surface area contributed by atoms with Crippen molar-refractivity contribution in [2.75, 3.05) is 35.6 Å². The molecule has 0 aromatic carbocycles. The number of carbonyl (C=O) groups excluding carboxylic acids is 1. The van der Waals surface area contributed by atoms with Gasteiger partial charge in [0.2, 0.25) is 11.9 Å². The molecule has 4 aliphatic rings. The van der Waals surface area contributed by atoms with Gasteiger partial charge in [-0.05, 0) is 25.7 Å². The van der Waals surface area contributed by atoms with Crippen LogP contribution in [0, 0.1) is 17.3 Å². The predicted molar refractivity (Wildman–Crippen MR) is 112 cm³/mol. The lowest BCUT2D eigenvalue weighted by Gasteiger charge is -2.30. The zero-order chi connectivity index (χ0) is 20.4. The number of ether oxygens (including phenoxy) is 1. The van der Waals surface area contributed by atoms with E-state index in [4.69, 9.17) is 10.5 Å². The highest BCUT2D eigenvalue weighted by atomic mass is 16.5. The summed E-state index contributed by atoms with van der Waals surface area (Å²) in [7, 11) is 0. The van der Waals surface area contributed by atoms with Crippen LogP contribution in [0.25, 0.3) is 0 Å². The normalized spacial score (nSPS) is 33.1. The van der Waals surface area contributed by atoms with Crippen LogP contribution in [0.4, 0.5) is 17.6 Å². The van der Waals surface area contributed by atoms with E-state index in [1.54, 1.807) is 0 Å². The second kappa shape index (κ2) is 6.45. The molecule has 3 saturated heterocycles. The summed E-state index contributed by atoms with van der Waals surface area (Å²) in [5, 5.41) is 6.59. The number of fused-ring (bicyclic) bond motifs is 1. The number of hydrogen-bond donors (Lipinski definition) is 3. The molecule has 1 aliphatic carbocycles. The van der Waals surface area contributed by atoms with Gasteiger partial charge in [0, 0.05) is 49.0 Å². The first kappa shape index (κ1) is 18.9. The Bertz CT molecular complexity index is 820. The van der Waals surface area contributed by atoms with E-state index in [0.29, 0.717) is 30.4 Å². The van der Waals surface area contributed by atoms with Gasteiger partial charge in [-0.3, -0.25) is 4.79 Å². The van der Waals surface area contributed by atoms with Crippen LogP contribution in [-0.4, -0.2) is 53.3 Å². The van der Waals surface area contributed by atoms with E-state index in [9.17, 15) is 4.79 Å². The number of nitrogen functional groups attached to an aromatic ring is 1. The third-order valence-electron chi connectivity index (χ3n) is 6.95. The molecule has 158 valence electrons.